The number of carbonyl (C=O) groups is 1. The Morgan fingerprint density at radius 1 is 1.12 bits per heavy atom. The van der Waals surface area contributed by atoms with Crippen LogP contribution in [0.1, 0.15) is 5.56 Å². The molecule has 0 saturated carbocycles. The summed E-state index contributed by atoms with van der Waals surface area (Å²) in [5.41, 5.74) is 0.444. The zero-order valence-corrected chi connectivity index (χ0v) is 16.1. The smallest absolute Gasteiger partial charge is 0.322 e. The molecule has 0 radical (unpaired) electrons. The number of benzene rings is 2. The maximum Gasteiger partial charge on any atom is 0.322 e. The molecule has 5 nitrogen and oxygen atoms in total. The summed E-state index contributed by atoms with van der Waals surface area (Å²) in [6, 6.07) is 8.92. The first-order valence-electron chi connectivity index (χ1n) is 7.04. The monoisotopic (exact) mass is 421 g/mol. The predicted molar refractivity (Wildman–Crippen MR) is 98.0 cm³/mol. The Bertz CT molecular complexity index is 885. The van der Waals surface area contributed by atoms with Crippen LogP contribution in [0.4, 0.5) is 0 Å². The van der Waals surface area contributed by atoms with E-state index < -0.39 is 22.0 Å². The number of hydrogen-bond acceptors (Lipinski definition) is 3. The largest absolute Gasteiger partial charge is 0.480 e. The normalized spacial score (nSPS) is 13.0. The highest BCUT2D eigenvalue weighted by molar-refractivity contribution is 7.89. The van der Waals surface area contributed by atoms with Gasteiger partial charge in [0.2, 0.25) is 10.0 Å². The van der Waals surface area contributed by atoms with E-state index in [1.807, 2.05) is 0 Å². The second-order valence-electron chi connectivity index (χ2n) is 5.25. The molecule has 0 spiro atoms. The summed E-state index contributed by atoms with van der Waals surface area (Å²) in [7, 11) is -2.82. The van der Waals surface area contributed by atoms with Crippen molar-refractivity contribution in [3.63, 3.8) is 0 Å². The van der Waals surface area contributed by atoms with Gasteiger partial charge in [0, 0.05) is 18.5 Å². The molecule has 2 aromatic carbocycles. The van der Waals surface area contributed by atoms with Crippen LogP contribution in [-0.2, 0) is 21.2 Å². The lowest BCUT2D eigenvalue weighted by Crippen LogP contribution is -2.43. The zero-order chi connectivity index (χ0) is 18.8. The van der Waals surface area contributed by atoms with Crippen molar-refractivity contribution in [2.75, 3.05) is 7.05 Å². The minimum absolute atomic E-state index is 0.0529. The summed E-state index contributed by atoms with van der Waals surface area (Å²) >= 11 is 17.8. The van der Waals surface area contributed by atoms with Gasteiger partial charge in [-0.05, 0) is 35.9 Å². The first-order chi connectivity index (χ1) is 11.6. The van der Waals surface area contributed by atoms with Crippen LogP contribution in [0.15, 0.2) is 47.4 Å². The molecule has 1 atom stereocenters. The third-order valence-corrected chi connectivity index (χ3v) is 6.65. The lowest BCUT2D eigenvalue weighted by molar-refractivity contribution is -0.141. The minimum Gasteiger partial charge on any atom is -0.480 e. The second-order valence-corrected chi connectivity index (χ2v) is 8.47. The van der Waals surface area contributed by atoms with Gasteiger partial charge in [-0.25, -0.2) is 8.42 Å². The summed E-state index contributed by atoms with van der Waals surface area (Å²) in [6.07, 6.45) is -0.127. The Hall–Kier alpha value is -1.31. The van der Waals surface area contributed by atoms with Crippen molar-refractivity contribution in [3.8, 4) is 0 Å². The molecule has 134 valence electrons. The Morgan fingerprint density at radius 2 is 1.72 bits per heavy atom. The average Bonchev–Trinajstić information content (AvgIpc) is 2.55. The number of halogens is 3. The van der Waals surface area contributed by atoms with Crippen molar-refractivity contribution < 1.29 is 18.3 Å². The number of carboxylic acids is 1. The summed E-state index contributed by atoms with van der Waals surface area (Å²) < 4.78 is 26.2. The SMILES string of the molecule is CN(C(Cc1cccc(Cl)c1Cl)C(=O)O)S(=O)(=O)c1ccc(Cl)cc1. The Morgan fingerprint density at radius 3 is 2.28 bits per heavy atom. The van der Waals surface area contributed by atoms with Gasteiger partial charge in [0.15, 0.2) is 0 Å². The van der Waals surface area contributed by atoms with Gasteiger partial charge in [-0.2, -0.15) is 4.31 Å². The topological polar surface area (TPSA) is 74.7 Å². The zero-order valence-electron chi connectivity index (χ0n) is 13.0. The third-order valence-electron chi connectivity index (χ3n) is 3.66. The molecular formula is C16H14Cl3NO4S. The Labute approximate surface area is 160 Å². The van der Waals surface area contributed by atoms with E-state index in [0.717, 1.165) is 4.31 Å². The number of rotatable bonds is 6. The van der Waals surface area contributed by atoms with Gasteiger partial charge in [-0.1, -0.05) is 46.9 Å². The molecule has 0 aliphatic heterocycles. The predicted octanol–water partition coefficient (Wildman–Crippen LogP) is 3.96. The number of nitrogens with zero attached hydrogens (tertiary/aromatic N) is 1. The van der Waals surface area contributed by atoms with E-state index >= 15 is 0 Å². The maximum atomic E-state index is 12.7. The van der Waals surface area contributed by atoms with Crippen LogP contribution < -0.4 is 0 Å². The highest BCUT2D eigenvalue weighted by atomic mass is 35.5. The van der Waals surface area contributed by atoms with E-state index in [2.05, 4.69) is 0 Å². The number of aliphatic carboxylic acids is 1. The van der Waals surface area contributed by atoms with Crippen molar-refractivity contribution in [3.05, 3.63) is 63.1 Å². The van der Waals surface area contributed by atoms with Gasteiger partial charge in [-0.3, -0.25) is 4.79 Å². The van der Waals surface area contributed by atoms with Crippen LogP contribution in [0.5, 0.6) is 0 Å². The summed E-state index contributed by atoms with van der Waals surface area (Å²) in [6.45, 7) is 0. The van der Waals surface area contributed by atoms with Crippen LogP contribution in [0.3, 0.4) is 0 Å². The lowest BCUT2D eigenvalue weighted by atomic mass is 10.1. The van der Waals surface area contributed by atoms with Crippen molar-refractivity contribution >= 4 is 50.8 Å². The average molecular weight is 423 g/mol. The third kappa shape index (κ3) is 4.46. The van der Waals surface area contributed by atoms with E-state index in [4.69, 9.17) is 34.8 Å². The van der Waals surface area contributed by atoms with Gasteiger partial charge in [0.05, 0.1) is 14.9 Å². The highest BCUT2D eigenvalue weighted by Crippen LogP contribution is 2.28. The summed E-state index contributed by atoms with van der Waals surface area (Å²) in [5, 5.41) is 10.4. The molecule has 0 saturated heterocycles. The molecule has 1 N–H and O–H groups in total. The van der Waals surface area contributed by atoms with Crippen molar-refractivity contribution in [2.45, 2.75) is 17.4 Å². The molecule has 2 aromatic rings. The molecule has 0 aliphatic rings. The molecule has 0 amide bonds. The fourth-order valence-electron chi connectivity index (χ4n) is 2.23. The van der Waals surface area contributed by atoms with Crippen molar-refractivity contribution in [1.82, 2.24) is 4.31 Å². The first-order valence-corrected chi connectivity index (χ1v) is 9.61. The molecule has 9 heteroatoms. The van der Waals surface area contributed by atoms with E-state index in [-0.39, 0.29) is 21.4 Å². The maximum absolute atomic E-state index is 12.7. The minimum atomic E-state index is -4.03. The van der Waals surface area contributed by atoms with Gasteiger partial charge < -0.3 is 5.11 Å². The Balaban J connectivity index is 2.37. The van der Waals surface area contributed by atoms with Crippen molar-refractivity contribution in [2.24, 2.45) is 0 Å². The van der Waals surface area contributed by atoms with Gasteiger partial charge in [0.1, 0.15) is 6.04 Å². The van der Waals surface area contributed by atoms with Gasteiger partial charge in [0.25, 0.3) is 0 Å². The first kappa shape index (κ1) is 20.0. The van der Waals surface area contributed by atoms with Gasteiger partial charge >= 0.3 is 5.97 Å². The van der Waals surface area contributed by atoms with Crippen molar-refractivity contribution in [1.29, 1.82) is 0 Å². The number of hydrogen-bond donors (Lipinski definition) is 1. The van der Waals surface area contributed by atoms with Crippen LogP contribution >= 0.6 is 34.8 Å². The molecule has 25 heavy (non-hydrogen) atoms. The highest BCUT2D eigenvalue weighted by Gasteiger charge is 2.33. The molecule has 0 aliphatic carbocycles. The van der Waals surface area contributed by atoms with E-state index in [1.54, 1.807) is 18.2 Å². The fourth-order valence-corrected chi connectivity index (χ4v) is 4.06. The summed E-state index contributed by atoms with van der Waals surface area (Å²) in [4.78, 5) is 11.6. The second kappa shape index (κ2) is 7.93. The molecule has 0 bridgehead atoms. The van der Waals surface area contributed by atoms with E-state index in [1.165, 1.54) is 31.3 Å². The molecule has 2 rings (SSSR count). The molecular weight excluding hydrogens is 409 g/mol. The Kier molecular flexibility index (Phi) is 6.35. The summed E-state index contributed by atoms with van der Waals surface area (Å²) in [5.74, 6) is -1.30. The van der Waals surface area contributed by atoms with Crippen LogP contribution in [0.25, 0.3) is 0 Å². The molecule has 0 heterocycles. The van der Waals surface area contributed by atoms with Crippen LogP contribution in [0, 0.1) is 0 Å². The fraction of sp³-hybridized carbons (Fsp3) is 0.188. The van der Waals surface area contributed by atoms with Gasteiger partial charge in [-0.15, -0.1) is 0 Å². The van der Waals surface area contributed by atoms with E-state index in [0.29, 0.717) is 10.6 Å². The van der Waals surface area contributed by atoms with E-state index in [9.17, 15) is 18.3 Å². The number of carboxylic acid groups (broad SMARTS) is 1. The standard InChI is InChI=1S/C16H14Cl3NO4S/c1-20(25(23,24)12-7-5-11(17)6-8-12)14(16(21)22)9-10-3-2-4-13(18)15(10)19/h2-8,14H,9H2,1H3,(H,21,22). The number of likely N-dealkylation sites (N-methyl/N-ethyl adjacent to an activating group) is 1. The quantitative estimate of drug-likeness (QED) is 0.764. The molecule has 0 aromatic heterocycles. The molecule has 1 unspecified atom stereocenters. The molecule has 0 fully saturated rings. The lowest BCUT2D eigenvalue weighted by Gasteiger charge is -2.24. The number of sulfonamides is 1. The van der Waals surface area contributed by atoms with Crippen LogP contribution in [0.2, 0.25) is 15.1 Å². The van der Waals surface area contributed by atoms with Crippen LogP contribution in [-0.4, -0.2) is 36.9 Å².